The summed E-state index contributed by atoms with van der Waals surface area (Å²) in [5.41, 5.74) is 0. The summed E-state index contributed by atoms with van der Waals surface area (Å²) >= 11 is 0. The number of rotatable bonds is 3. The molecular weight excluding hydrogens is 204 g/mol. The molecule has 2 saturated heterocycles. The van der Waals surface area contributed by atoms with E-state index in [0.717, 1.165) is 19.6 Å². The van der Waals surface area contributed by atoms with Crippen molar-refractivity contribution >= 4 is 5.91 Å². The second kappa shape index (κ2) is 4.34. The van der Waals surface area contributed by atoms with Crippen molar-refractivity contribution in [2.75, 3.05) is 19.6 Å². The van der Waals surface area contributed by atoms with Crippen molar-refractivity contribution in [3.05, 3.63) is 0 Å². The van der Waals surface area contributed by atoms with E-state index in [1.165, 1.54) is 25.7 Å². The van der Waals surface area contributed by atoms with Crippen molar-refractivity contribution in [2.24, 2.45) is 11.8 Å². The summed E-state index contributed by atoms with van der Waals surface area (Å²) in [6.45, 7) is 2.97. The zero-order valence-corrected chi connectivity index (χ0v) is 9.65. The lowest BCUT2D eigenvalue weighted by atomic mass is 9.98. The third kappa shape index (κ3) is 2.23. The number of amides is 1. The van der Waals surface area contributed by atoms with Gasteiger partial charge in [-0.25, -0.2) is 5.06 Å². The molecular formula is C12H20N2O2. The first-order valence-electron chi connectivity index (χ1n) is 6.51. The van der Waals surface area contributed by atoms with Gasteiger partial charge in [0.25, 0.3) is 0 Å². The highest BCUT2D eigenvalue weighted by Crippen LogP contribution is 2.39. The first-order chi connectivity index (χ1) is 7.83. The molecule has 4 nitrogen and oxygen atoms in total. The van der Waals surface area contributed by atoms with E-state index in [0.29, 0.717) is 18.3 Å². The molecule has 0 aromatic carbocycles. The van der Waals surface area contributed by atoms with E-state index in [-0.39, 0.29) is 12.0 Å². The molecule has 1 amide bonds. The monoisotopic (exact) mass is 224 g/mol. The second-order valence-electron chi connectivity index (χ2n) is 5.33. The Kier molecular flexibility index (Phi) is 2.86. The Morgan fingerprint density at radius 3 is 2.69 bits per heavy atom. The number of piperidine rings is 1. The molecule has 0 radical (unpaired) electrons. The summed E-state index contributed by atoms with van der Waals surface area (Å²) in [4.78, 5) is 17.5. The molecule has 0 bridgehead atoms. The van der Waals surface area contributed by atoms with Crippen LogP contribution in [0.4, 0.5) is 0 Å². The molecule has 0 aromatic heterocycles. The summed E-state index contributed by atoms with van der Waals surface area (Å²) in [5.74, 6) is 1.50. The lowest BCUT2D eigenvalue weighted by Crippen LogP contribution is -2.36. The van der Waals surface area contributed by atoms with E-state index in [9.17, 15) is 4.79 Å². The Labute approximate surface area is 96.3 Å². The summed E-state index contributed by atoms with van der Waals surface area (Å²) in [5, 5.41) is 5.00. The Bertz CT molecular complexity index is 272. The Hall–Kier alpha value is -0.610. The minimum absolute atomic E-state index is 0.203. The van der Waals surface area contributed by atoms with Gasteiger partial charge in [-0.3, -0.25) is 9.63 Å². The van der Waals surface area contributed by atoms with Crippen molar-refractivity contribution in [1.82, 2.24) is 10.4 Å². The zero-order valence-electron chi connectivity index (χ0n) is 9.65. The Morgan fingerprint density at radius 1 is 1.25 bits per heavy atom. The van der Waals surface area contributed by atoms with Gasteiger partial charge in [0.05, 0.1) is 19.1 Å². The first-order valence-corrected chi connectivity index (χ1v) is 6.51. The van der Waals surface area contributed by atoms with Crippen LogP contribution in [0.25, 0.3) is 0 Å². The van der Waals surface area contributed by atoms with Gasteiger partial charge in [0.15, 0.2) is 0 Å². The van der Waals surface area contributed by atoms with E-state index in [1.54, 1.807) is 5.06 Å². The molecule has 3 rings (SSSR count). The van der Waals surface area contributed by atoms with Gasteiger partial charge in [0, 0.05) is 0 Å². The summed E-state index contributed by atoms with van der Waals surface area (Å²) in [6.07, 6.45) is 5.66. The molecule has 0 aromatic rings. The number of nitrogens with one attached hydrogen (secondary N) is 1. The highest BCUT2D eigenvalue weighted by atomic mass is 16.7. The maximum Gasteiger partial charge on any atom is 0.248 e. The fourth-order valence-electron chi connectivity index (χ4n) is 2.70. The molecule has 2 heterocycles. The molecule has 1 saturated carbocycles. The van der Waals surface area contributed by atoms with Gasteiger partial charge in [-0.15, -0.1) is 0 Å². The lowest BCUT2D eigenvalue weighted by molar-refractivity contribution is -0.179. The van der Waals surface area contributed by atoms with Crippen molar-refractivity contribution in [1.29, 1.82) is 0 Å². The van der Waals surface area contributed by atoms with Gasteiger partial charge in [-0.05, 0) is 50.6 Å². The van der Waals surface area contributed by atoms with Gasteiger partial charge < -0.3 is 5.32 Å². The van der Waals surface area contributed by atoms with E-state index < -0.39 is 0 Å². The molecule has 1 atom stereocenters. The summed E-state index contributed by atoms with van der Waals surface area (Å²) < 4.78 is 0. The molecule has 16 heavy (non-hydrogen) atoms. The predicted molar refractivity (Wildman–Crippen MR) is 59.5 cm³/mol. The van der Waals surface area contributed by atoms with Crippen LogP contribution in [0, 0.1) is 11.8 Å². The van der Waals surface area contributed by atoms with Crippen LogP contribution in [0.5, 0.6) is 0 Å². The number of hydroxylamine groups is 2. The van der Waals surface area contributed by atoms with Crippen LogP contribution < -0.4 is 5.32 Å². The molecule has 3 fully saturated rings. The minimum Gasteiger partial charge on any atom is -0.317 e. The molecule has 3 aliphatic rings. The fourth-order valence-corrected chi connectivity index (χ4v) is 2.70. The largest absolute Gasteiger partial charge is 0.317 e. The number of carbonyl (C=O) groups is 1. The van der Waals surface area contributed by atoms with Crippen molar-refractivity contribution in [3.63, 3.8) is 0 Å². The van der Waals surface area contributed by atoms with Crippen molar-refractivity contribution < 1.29 is 9.63 Å². The zero-order chi connectivity index (χ0) is 11.0. The third-order valence-corrected chi connectivity index (χ3v) is 3.95. The number of hydrogen-bond acceptors (Lipinski definition) is 3. The molecule has 0 spiro atoms. The maximum absolute atomic E-state index is 11.8. The Balaban J connectivity index is 1.51. The number of carbonyl (C=O) groups excluding carboxylic acids is 1. The van der Waals surface area contributed by atoms with Gasteiger partial charge in [0.2, 0.25) is 5.91 Å². The smallest absolute Gasteiger partial charge is 0.248 e. The SMILES string of the molecule is O=C1CC(C2CC2)ON1CC1CCNCC1. The van der Waals surface area contributed by atoms with E-state index >= 15 is 0 Å². The molecule has 2 aliphatic heterocycles. The third-order valence-electron chi connectivity index (χ3n) is 3.95. The molecule has 1 unspecified atom stereocenters. The first kappa shape index (κ1) is 10.5. The Morgan fingerprint density at radius 2 is 2.00 bits per heavy atom. The molecule has 1 N–H and O–H groups in total. The average molecular weight is 224 g/mol. The standard InChI is InChI=1S/C12H20N2O2/c15-12-7-11(10-1-2-10)16-14(12)8-9-3-5-13-6-4-9/h9-11,13H,1-8H2. The number of nitrogens with zero attached hydrogens (tertiary/aromatic N) is 1. The topological polar surface area (TPSA) is 41.6 Å². The van der Waals surface area contributed by atoms with Crippen LogP contribution in [0.1, 0.15) is 32.1 Å². The van der Waals surface area contributed by atoms with Gasteiger partial charge >= 0.3 is 0 Å². The van der Waals surface area contributed by atoms with Crippen LogP contribution in [0.15, 0.2) is 0 Å². The maximum atomic E-state index is 11.8. The second-order valence-corrected chi connectivity index (χ2v) is 5.33. The van der Waals surface area contributed by atoms with Gasteiger partial charge in [-0.1, -0.05) is 0 Å². The minimum atomic E-state index is 0.203. The van der Waals surface area contributed by atoms with Crippen LogP contribution in [0.3, 0.4) is 0 Å². The quantitative estimate of drug-likeness (QED) is 0.775. The average Bonchev–Trinajstić information content (AvgIpc) is 3.07. The molecule has 90 valence electrons. The summed E-state index contributed by atoms with van der Waals surface area (Å²) in [6, 6.07) is 0. The lowest BCUT2D eigenvalue weighted by Gasteiger charge is -2.26. The summed E-state index contributed by atoms with van der Waals surface area (Å²) in [7, 11) is 0. The fraction of sp³-hybridized carbons (Fsp3) is 0.917. The van der Waals surface area contributed by atoms with Crippen LogP contribution in [-0.2, 0) is 9.63 Å². The predicted octanol–water partition coefficient (Wildman–Crippen LogP) is 0.928. The van der Waals surface area contributed by atoms with Crippen molar-refractivity contribution in [3.8, 4) is 0 Å². The van der Waals surface area contributed by atoms with E-state index in [2.05, 4.69) is 5.32 Å². The van der Waals surface area contributed by atoms with Crippen LogP contribution >= 0.6 is 0 Å². The van der Waals surface area contributed by atoms with Gasteiger partial charge in [-0.2, -0.15) is 0 Å². The normalized spacial score (nSPS) is 32.4. The number of hydrogen-bond donors (Lipinski definition) is 1. The van der Waals surface area contributed by atoms with Gasteiger partial charge in [0.1, 0.15) is 0 Å². The van der Waals surface area contributed by atoms with E-state index in [4.69, 9.17) is 4.84 Å². The van der Waals surface area contributed by atoms with E-state index in [1.807, 2.05) is 0 Å². The highest BCUT2D eigenvalue weighted by Gasteiger charge is 2.41. The molecule has 1 aliphatic carbocycles. The van der Waals surface area contributed by atoms with Crippen LogP contribution in [0.2, 0.25) is 0 Å². The highest BCUT2D eigenvalue weighted by molar-refractivity contribution is 5.77. The molecule has 4 heteroatoms. The van der Waals surface area contributed by atoms with Crippen molar-refractivity contribution in [2.45, 2.75) is 38.2 Å². The van der Waals surface area contributed by atoms with Crippen LogP contribution in [-0.4, -0.2) is 36.7 Å².